The largest absolute Gasteiger partial charge is 0.309 e. The second-order valence-electron chi connectivity index (χ2n) is 15.9. The summed E-state index contributed by atoms with van der Waals surface area (Å²) in [5, 5.41) is 2.58. The van der Waals surface area contributed by atoms with Gasteiger partial charge in [-0.3, -0.25) is 4.57 Å². The maximum absolute atomic E-state index is 5.17. The van der Waals surface area contributed by atoms with Crippen LogP contribution in [-0.4, -0.2) is 14.1 Å². The van der Waals surface area contributed by atoms with E-state index in [2.05, 4.69) is 211 Å². The van der Waals surface area contributed by atoms with Crippen LogP contribution < -0.4 is 0 Å². The molecule has 3 heterocycles. The van der Waals surface area contributed by atoms with Gasteiger partial charge in [0.1, 0.15) is 5.82 Å². The predicted octanol–water partition coefficient (Wildman–Crippen LogP) is 12.8. The van der Waals surface area contributed by atoms with Gasteiger partial charge in [-0.1, -0.05) is 166 Å². The molecule has 0 saturated heterocycles. The average molecular weight is 716 g/mol. The Morgan fingerprint density at radius 3 is 1.88 bits per heavy atom. The molecule has 10 aromatic rings. The fraction of sp³-hybridized carbons (Fsp3) is 0.0755. The van der Waals surface area contributed by atoms with Crippen LogP contribution in [0.3, 0.4) is 0 Å². The highest BCUT2D eigenvalue weighted by Crippen LogP contribution is 2.61. The Bertz CT molecular complexity index is 3220. The van der Waals surface area contributed by atoms with Crippen molar-refractivity contribution in [1.82, 2.24) is 14.1 Å². The molecule has 0 amide bonds. The molecule has 0 fully saturated rings. The molecule has 0 radical (unpaired) electrons. The van der Waals surface area contributed by atoms with Gasteiger partial charge in [0.15, 0.2) is 0 Å². The van der Waals surface area contributed by atoms with Gasteiger partial charge in [-0.25, -0.2) is 4.98 Å². The maximum Gasteiger partial charge on any atom is 0.145 e. The SMILES string of the molecule is CC1(C)c2ccccc2C2(c3ccccc3-n3c4ccccc4c4cccc2c43)c2cccc(-c3ccc(-c4nc5ccccc5n4-c4ccccc4)cc3)c21. The Balaban J connectivity index is 1.13. The number of fused-ring (bicyclic) bond motifs is 12. The van der Waals surface area contributed by atoms with Crippen LogP contribution in [0.25, 0.3) is 66.7 Å². The topological polar surface area (TPSA) is 22.8 Å². The molecule has 0 bridgehead atoms. The summed E-state index contributed by atoms with van der Waals surface area (Å²) in [5.41, 5.74) is 17.8. The molecule has 3 nitrogen and oxygen atoms in total. The fourth-order valence-corrected chi connectivity index (χ4v) is 10.6. The van der Waals surface area contributed by atoms with E-state index in [-0.39, 0.29) is 5.41 Å². The van der Waals surface area contributed by atoms with Gasteiger partial charge >= 0.3 is 0 Å². The normalized spacial score (nSPS) is 16.2. The van der Waals surface area contributed by atoms with Gasteiger partial charge in [0, 0.05) is 27.4 Å². The highest BCUT2D eigenvalue weighted by Gasteiger charge is 2.53. The van der Waals surface area contributed by atoms with Crippen LogP contribution in [0, 0.1) is 0 Å². The van der Waals surface area contributed by atoms with Crippen LogP contribution in [0.5, 0.6) is 0 Å². The molecule has 1 unspecified atom stereocenters. The molecule has 8 aromatic carbocycles. The average Bonchev–Trinajstić information content (AvgIpc) is 3.81. The molecule has 1 atom stereocenters. The quantitative estimate of drug-likeness (QED) is 0.179. The first kappa shape index (κ1) is 31.4. The summed E-state index contributed by atoms with van der Waals surface area (Å²) in [5.74, 6) is 0.939. The molecule has 0 N–H and O–H groups in total. The van der Waals surface area contributed by atoms with Crippen molar-refractivity contribution < 1.29 is 0 Å². The minimum atomic E-state index is -0.529. The first-order chi connectivity index (χ1) is 27.6. The molecule has 1 spiro atoms. The summed E-state index contributed by atoms with van der Waals surface area (Å²) in [7, 11) is 0. The van der Waals surface area contributed by atoms with Crippen LogP contribution in [0.4, 0.5) is 0 Å². The predicted molar refractivity (Wildman–Crippen MR) is 230 cm³/mol. The van der Waals surface area contributed by atoms with Gasteiger partial charge in [0.25, 0.3) is 0 Å². The van der Waals surface area contributed by atoms with E-state index < -0.39 is 5.41 Å². The zero-order valence-electron chi connectivity index (χ0n) is 31.2. The fourth-order valence-electron chi connectivity index (χ4n) is 10.6. The highest BCUT2D eigenvalue weighted by molar-refractivity contribution is 6.12. The number of nitrogens with zero attached hydrogens (tertiary/aromatic N) is 3. The molecule has 2 aliphatic rings. The first-order valence-electron chi connectivity index (χ1n) is 19.6. The molecular formula is C53H37N3. The Morgan fingerprint density at radius 1 is 0.429 bits per heavy atom. The third kappa shape index (κ3) is 3.94. The number of hydrogen-bond acceptors (Lipinski definition) is 1. The van der Waals surface area contributed by atoms with Crippen molar-refractivity contribution in [3.63, 3.8) is 0 Å². The van der Waals surface area contributed by atoms with Crippen molar-refractivity contribution in [2.45, 2.75) is 24.7 Å². The maximum atomic E-state index is 5.17. The molecular weight excluding hydrogens is 679 g/mol. The van der Waals surface area contributed by atoms with Crippen LogP contribution in [0.1, 0.15) is 47.2 Å². The summed E-state index contributed by atoms with van der Waals surface area (Å²) >= 11 is 0. The highest BCUT2D eigenvalue weighted by atomic mass is 15.1. The molecule has 0 saturated carbocycles. The van der Waals surface area contributed by atoms with E-state index in [4.69, 9.17) is 4.98 Å². The summed E-state index contributed by atoms with van der Waals surface area (Å²) in [6, 6.07) is 69.3. The number of para-hydroxylation sites is 6. The van der Waals surface area contributed by atoms with Crippen LogP contribution in [0.2, 0.25) is 0 Å². The Hall–Kier alpha value is -6.97. The smallest absolute Gasteiger partial charge is 0.145 e. The van der Waals surface area contributed by atoms with Crippen LogP contribution in [0.15, 0.2) is 188 Å². The van der Waals surface area contributed by atoms with E-state index >= 15 is 0 Å². The van der Waals surface area contributed by atoms with E-state index in [0.717, 1.165) is 28.1 Å². The van der Waals surface area contributed by atoms with Gasteiger partial charge in [0.05, 0.1) is 33.2 Å². The summed E-state index contributed by atoms with van der Waals surface area (Å²) in [6.07, 6.45) is 0. The summed E-state index contributed by atoms with van der Waals surface area (Å²) in [6.45, 7) is 4.84. The molecule has 264 valence electrons. The second kappa shape index (κ2) is 11.3. The number of imidazole rings is 1. The zero-order chi connectivity index (χ0) is 37.2. The van der Waals surface area contributed by atoms with Gasteiger partial charge in [-0.05, 0) is 80.9 Å². The van der Waals surface area contributed by atoms with Crippen molar-refractivity contribution >= 4 is 32.8 Å². The van der Waals surface area contributed by atoms with E-state index in [1.165, 1.54) is 72.0 Å². The Kier molecular flexibility index (Phi) is 6.32. The minimum absolute atomic E-state index is 0.277. The lowest BCUT2D eigenvalue weighted by Crippen LogP contribution is -2.44. The van der Waals surface area contributed by atoms with Gasteiger partial charge in [-0.15, -0.1) is 0 Å². The van der Waals surface area contributed by atoms with E-state index in [9.17, 15) is 0 Å². The molecule has 3 heteroatoms. The minimum Gasteiger partial charge on any atom is -0.309 e. The van der Waals surface area contributed by atoms with Crippen molar-refractivity contribution in [3.8, 4) is 33.9 Å². The first-order valence-corrected chi connectivity index (χ1v) is 19.6. The van der Waals surface area contributed by atoms with E-state index in [1.807, 2.05) is 0 Å². The number of aromatic nitrogens is 3. The number of hydrogen-bond donors (Lipinski definition) is 0. The lowest BCUT2D eigenvalue weighted by Gasteiger charge is -2.50. The zero-order valence-corrected chi connectivity index (χ0v) is 31.2. The van der Waals surface area contributed by atoms with E-state index in [0.29, 0.717) is 0 Å². The standard InChI is InChI=1S/C53H37N3/c1-52(2)40-21-7-8-22-41(40)53(42-23-9-12-28-47(42)56-46-27-11-6-18-38(46)39-20-15-25-44(53)50(39)56)43-24-14-19-37(49(43)52)34-30-32-35(33-31-34)51-54-45-26-10-13-29-48(45)55(51)36-16-4-3-5-17-36/h3-33H,1-2H3. The molecule has 2 aromatic heterocycles. The van der Waals surface area contributed by atoms with Gasteiger partial charge in [0.2, 0.25) is 0 Å². The van der Waals surface area contributed by atoms with Crippen molar-refractivity contribution in [2.75, 3.05) is 0 Å². The number of benzene rings is 8. The lowest BCUT2D eigenvalue weighted by atomic mass is 9.52. The van der Waals surface area contributed by atoms with Gasteiger partial charge < -0.3 is 4.57 Å². The van der Waals surface area contributed by atoms with Crippen molar-refractivity contribution in [1.29, 1.82) is 0 Å². The third-order valence-corrected chi connectivity index (χ3v) is 12.8. The van der Waals surface area contributed by atoms with Crippen molar-refractivity contribution in [2.24, 2.45) is 0 Å². The van der Waals surface area contributed by atoms with Gasteiger partial charge in [-0.2, -0.15) is 0 Å². The summed E-state index contributed by atoms with van der Waals surface area (Å²) < 4.78 is 4.80. The van der Waals surface area contributed by atoms with Crippen LogP contribution >= 0.6 is 0 Å². The van der Waals surface area contributed by atoms with Crippen LogP contribution in [-0.2, 0) is 10.8 Å². The Labute approximate surface area is 325 Å². The van der Waals surface area contributed by atoms with E-state index in [1.54, 1.807) is 0 Å². The molecule has 1 aliphatic heterocycles. The summed E-state index contributed by atoms with van der Waals surface area (Å²) in [4.78, 5) is 5.17. The third-order valence-electron chi connectivity index (χ3n) is 12.8. The Morgan fingerprint density at radius 2 is 1.04 bits per heavy atom. The molecule has 56 heavy (non-hydrogen) atoms. The number of rotatable bonds is 3. The van der Waals surface area contributed by atoms with Crippen molar-refractivity contribution in [3.05, 3.63) is 221 Å². The molecule has 12 rings (SSSR count). The lowest BCUT2D eigenvalue weighted by molar-refractivity contribution is 0.558. The molecule has 1 aliphatic carbocycles. The monoisotopic (exact) mass is 715 g/mol. The second-order valence-corrected chi connectivity index (χ2v) is 15.9.